The average molecular weight is 350 g/mol. The molecule has 1 atom stereocenters. The predicted octanol–water partition coefficient (Wildman–Crippen LogP) is 4.30. The van der Waals surface area contributed by atoms with Gasteiger partial charge in [-0.25, -0.2) is 13.2 Å². The van der Waals surface area contributed by atoms with E-state index in [1.165, 1.54) is 0 Å². The topological polar surface area (TPSA) is 38.5 Å². The molecule has 0 spiro atoms. The van der Waals surface area contributed by atoms with Crippen molar-refractivity contribution < 1.29 is 17.9 Å². The van der Waals surface area contributed by atoms with Crippen molar-refractivity contribution in [3.05, 3.63) is 58.9 Å². The minimum atomic E-state index is -1.44. The highest BCUT2D eigenvalue weighted by atomic mass is 19.2. The Morgan fingerprint density at radius 1 is 1.12 bits per heavy atom. The summed E-state index contributed by atoms with van der Waals surface area (Å²) in [6.45, 7) is 6.16. The third kappa shape index (κ3) is 3.31. The van der Waals surface area contributed by atoms with Crippen LogP contribution < -0.4 is 15.4 Å². The summed E-state index contributed by atoms with van der Waals surface area (Å²) < 4.78 is 47.0. The monoisotopic (exact) mass is 350 g/mol. The number of halogens is 3. The van der Waals surface area contributed by atoms with Crippen LogP contribution in [0.25, 0.3) is 0 Å². The van der Waals surface area contributed by atoms with Crippen LogP contribution in [0.5, 0.6) is 5.75 Å². The fourth-order valence-electron chi connectivity index (χ4n) is 3.14. The van der Waals surface area contributed by atoms with Crippen LogP contribution in [0, 0.1) is 17.5 Å². The number of benzene rings is 2. The molecule has 3 rings (SSSR count). The Kier molecular flexibility index (Phi) is 4.41. The van der Waals surface area contributed by atoms with Gasteiger partial charge in [-0.3, -0.25) is 0 Å². The van der Waals surface area contributed by atoms with E-state index in [0.717, 1.165) is 11.8 Å². The van der Waals surface area contributed by atoms with Gasteiger partial charge in [-0.15, -0.1) is 0 Å². The Bertz CT molecular complexity index is 785. The van der Waals surface area contributed by atoms with Crippen molar-refractivity contribution in [2.75, 3.05) is 11.4 Å². The molecule has 0 fully saturated rings. The van der Waals surface area contributed by atoms with Crippen molar-refractivity contribution in [3.8, 4) is 5.75 Å². The van der Waals surface area contributed by atoms with Crippen LogP contribution in [0.4, 0.5) is 18.9 Å². The van der Waals surface area contributed by atoms with E-state index in [4.69, 9.17) is 10.5 Å². The zero-order valence-electron chi connectivity index (χ0n) is 14.4. The molecule has 1 unspecified atom stereocenters. The molecule has 1 aliphatic rings. The number of ether oxygens (including phenoxy) is 1. The number of hydrogen-bond acceptors (Lipinski definition) is 3. The normalized spacial score (nSPS) is 16.9. The predicted molar refractivity (Wildman–Crippen MR) is 91.1 cm³/mol. The average Bonchev–Trinajstić information content (AvgIpc) is 2.90. The summed E-state index contributed by atoms with van der Waals surface area (Å²) >= 11 is 0. The minimum absolute atomic E-state index is 0.139. The lowest BCUT2D eigenvalue weighted by Gasteiger charge is -2.27. The molecule has 0 amide bonds. The Morgan fingerprint density at radius 2 is 1.76 bits per heavy atom. The van der Waals surface area contributed by atoms with Gasteiger partial charge in [0.15, 0.2) is 17.5 Å². The smallest absolute Gasteiger partial charge is 0.194 e. The zero-order chi connectivity index (χ0) is 18.4. The van der Waals surface area contributed by atoms with Crippen LogP contribution >= 0.6 is 0 Å². The first-order valence-electron chi connectivity index (χ1n) is 8.13. The van der Waals surface area contributed by atoms with Crippen molar-refractivity contribution in [3.63, 3.8) is 0 Å². The first-order chi connectivity index (χ1) is 11.7. The molecule has 0 saturated heterocycles. The first-order valence-corrected chi connectivity index (χ1v) is 8.13. The molecular formula is C19H21F3N2O. The molecule has 3 nitrogen and oxygen atoms in total. The molecule has 1 heterocycles. The fourth-order valence-corrected chi connectivity index (χ4v) is 3.14. The number of anilines is 1. The largest absolute Gasteiger partial charge is 0.488 e. The van der Waals surface area contributed by atoms with Gasteiger partial charge in [0.25, 0.3) is 0 Å². The Balaban J connectivity index is 1.92. The maximum absolute atomic E-state index is 14.1. The third-order valence-electron chi connectivity index (χ3n) is 4.18. The van der Waals surface area contributed by atoms with Gasteiger partial charge in [0.1, 0.15) is 11.4 Å². The second kappa shape index (κ2) is 6.26. The summed E-state index contributed by atoms with van der Waals surface area (Å²) in [6, 6.07) is 7.93. The van der Waals surface area contributed by atoms with E-state index in [2.05, 4.69) is 0 Å². The van der Waals surface area contributed by atoms with Crippen LogP contribution in [0.3, 0.4) is 0 Å². The maximum atomic E-state index is 14.1. The summed E-state index contributed by atoms with van der Waals surface area (Å²) in [6.07, 6.45) is 0. The van der Waals surface area contributed by atoms with Crippen molar-refractivity contribution >= 4 is 5.69 Å². The molecule has 2 N–H and O–H groups in total. The molecule has 0 radical (unpaired) electrons. The van der Waals surface area contributed by atoms with Crippen LogP contribution in [0.1, 0.15) is 37.9 Å². The second-order valence-corrected chi connectivity index (χ2v) is 7.14. The van der Waals surface area contributed by atoms with Crippen molar-refractivity contribution in [1.29, 1.82) is 0 Å². The molecule has 134 valence electrons. The van der Waals surface area contributed by atoms with E-state index in [-0.39, 0.29) is 24.3 Å². The lowest BCUT2D eigenvalue weighted by Crippen LogP contribution is -2.27. The molecule has 0 aliphatic carbocycles. The van der Waals surface area contributed by atoms with Crippen LogP contribution in [0.15, 0.2) is 30.3 Å². The molecule has 0 saturated carbocycles. The van der Waals surface area contributed by atoms with Crippen molar-refractivity contribution in [2.45, 2.75) is 39.0 Å². The third-order valence-corrected chi connectivity index (χ3v) is 4.18. The number of hydrogen-bond donors (Lipinski definition) is 1. The summed E-state index contributed by atoms with van der Waals surface area (Å²) in [5.41, 5.74) is 6.85. The molecule has 1 aliphatic heterocycles. The molecule has 2 aromatic rings. The minimum Gasteiger partial charge on any atom is -0.488 e. The fraction of sp³-hybridized carbons (Fsp3) is 0.368. The lowest BCUT2D eigenvalue weighted by atomic mass is 10.0. The molecule has 6 heteroatoms. The summed E-state index contributed by atoms with van der Waals surface area (Å²) in [5, 5.41) is 0. The quantitative estimate of drug-likeness (QED) is 0.839. The van der Waals surface area contributed by atoms with Gasteiger partial charge in [0.05, 0.1) is 6.04 Å². The van der Waals surface area contributed by atoms with Crippen molar-refractivity contribution in [2.24, 2.45) is 5.73 Å². The highest BCUT2D eigenvalue weighted by Crippen LogP contribution is 2.39. The Hall–Kier alpha value is -2.21. The SMILES string of the molecule is CC(C)(C)Oc1ccc(N2Cc3c(cc(F)c(F)c3F)C2CN)cc1. The highest BCUT2D eigenvalue weighted by molar-refractivity contribution is 5.56. The van der Waals surface area contributed by atoms with Crippen molar-refractivity contribution in [1.82, 2.24) is 0 Å². The van der Waals surface area contributed by atoms with Crippen LogP contribution in [-0.4, -0.2) is 12.1 Å². The van der Waals surface area contributed by atoms with Gasteiger partial charge in [-0.1, -0.05) is 0 Å². The second-order valence-electron chi connectivity index (χ2n) is 7.14. The summed E-state index contributed by atoms with van der Waals surface area (Å²) in [7, 11) is 0. The molecular weight excluding hydrogens is 329 g/mol. The number of nitrogens with two attached hydrogens (primary N) is 1. The highest BCUT2D eigenvalue weighted by Gasteiger charge is 2.34. The van der Waals surface area contributed by atoms with E-state index in [1.807, 2.05) is 49.9 Å². The van der Waals surface area contributed by atoms with E-state index < -0.39 is 23.5 Å². The number of rotatable bonds is 3. The molecule has 2 aromatic carbocycles. The van der Waals surface area contributed by atoms with Crippen LogP contribution in [-0.2, 0) is 6.54 Å². The molecule has 0 bridgehead atoms. The van der Waals surface area contributed by atoms with E-state index in [1.54, 1.807) is 0 Å². The maximum Gasteiger partial charge on any atom is 0.194 e. The molecule has 25 heavy (non-hydrogen) atoms. The van der Waals surface area contributed by atoms with E-state index in [9.17, 15) is 13.2 Å². The van der Waals surface area contributed by atoms with Gasteiger partial charge in [-0.2, -0.15) is 0 Å². The lowest BCUT2D eigenvalue weighted by molar-refractivity contribution is 0.131. The van der Waals surface area contributed by atoms with E-state index >= 15 is 0 Å². The Labute approximate surface area is 145 Å². The Morgan fingerprint density at radius 3 is 2.32 bits per heavy atom. The summed E-state index contributed by atoms with van der Waals surface area (Å²) in [4.78, 5) is 1.84. The number of nitrogens with zero attached hydrogens (tertiary/aromatic N) is 1. The van der Waals surface area contributed by atoms with Gasteiger partial charge in [0, 0.05) is 24.3 Å². The van der Waals surface area contributed by atoms with Gasteiger partial charge >= 0.3 is 0 Å². The van der Waals surface area contributed by atoms with E-state index in [0.29, 0.717) is 11.3 Å². The van der Waals surface area contributed by atoms with Gasteiger partial charge in [-0.05, 0) is 56.7 Å². The standard InChI is InChI=1S/C19H21F3N2O/c1-19(2,3)25-12-6-4-11(5-7-12)24-10-14-13(16(24)9-23)8-15(20)18(22)17(14)21/h4-8,16H,9-10,23H2,1-3H3. The van der Waals surface area contributed by atoms with Gasteiger partial charge in [0.2, 0.25) is 0 Å². The first kappa shape index (κ1) is 17.6. The molecule has 0 aromatic heterocycles. The summed E-state index contributed by atoms with van der Waals surface area (Å²) in [5.74, 6) is -3.06. The van der Waals surface area contributed by atoms with Crippen LogP contribution in [0.2, 0.25) is 0 Å². The number of fused-ring (bicyclic) bond motifs is 1. The zero-order valence-corrected chi connectivity index (χ0v) is 14.4. The van der Waals surface area contributed by atoms with Gasteiger partial charge < -0.3 is 15.4 Å².